The second-order valence-electron chi connectivity index (χ2n) is 7.76. The number of methoxy groups -OCH3 is 1. The van der Waals surface area contributed by atoms with Gasteiger partial charge in [-0.25, -0.2) is 9.97 Å². The van der Waals surface area contributed by atoms with Gasteiger partial charge in [-0.1, -0.05) is 0 Å². The summed E-state index contributed by atoms with van der Waals surface area (Å²) in [4.78, 5) is 28.6. The Morgan fingerprint density at radius 2 is 2.10 bits per heavy atom. The summed E-state index contributed by atoms with van der Waals surface area (Å²) in [6, 6.07) is 0. The number of hydrogen-bond acceptors (Lipinski definition) is 7. The van der Waals surface area contributed by atoms with Crippen LogP contribution in [0.2, 0.25) is 0 Å². The lowest BCUT2D eigenvalue weighted by Gasteiger charge is -2.26. The maximum Gasteiger partial charge on any atom is 0.248 e. The third-order valence-electron chi connectivity index (χ3n) is 5.54. The Hall–Kier alpha value is -2.91. The van der Waals surface area contributed by atoms with Crippen molar-refractivity contribution in [3.05, 3.63) is 41.7 Å². The van der Waals surface area contributed by atoms with Crippen LogP contribution in [0, 0.1) is 0 Å². The molecule has 30 heavy (non-hydrogen) atoms. The summed E-state index contributed by atoms with van der Waals surface area (Å²) in [7, 11) is 5.51. The highest BCUT2D eigenvalue weighted by molar-refractivity contribution is 5.91. The predicted molar refractivity (Wildman–Crippen MR) is 114 cm³/mol. The number of hydrogen-bond donors (Lipinski definition) is 2. The van der Waals surface area contributed by atoms with Gasteiger partial charge in [0.2, 0.25) is 5.91 Å². The molecule has 2 bridgehead atoms. The van der Waals surface area contributed by atoms with Gasteiger partial charge in [-0.05, 0) is 37.7 Å². The van der Waals surface area contributed by atoms with Crippen LogP contribution in [-0.4, -0.2) is 77.7 Å². The number of nitrogens with zero attached hydrogens (tertiary/aromatic N) is 4. The SMILES string of the molecule is COC1=CC=C2CC1OCC(=O)N(C)CCCN(C)Cc1c[nH]c3ncnc(c13)N2. The Labute approximate surface area is 175 Å². The topological polar surface area (TPSA) is 95.6 Å². The molecule has 0 spiro atoms. The van der Waals surface area contributed by atoms with Crippen LogP contribution in [-0.2, 0) is 20.8 Å². The third kappa shape index (κ3) is 4.31. The average Bonchev–Trinajstić information content (AvgIpc) is 3.15. The van der Waals surface area contributed by atoms with Gasteiger partial charge in [0.05, 0.1) is 12.5 Å². The van der Waals surface area contributed by atoms with Gasteiger partial charge >= 0.3 is 0 Å². The van der Waals surface area contributed by atoms with Gasteiger partial charge in [0, 0.05) is 38.5 Å². The molecular formula is C21H28N6O3. The first-order chi connectivity index (χ1) is 14.5. The van der Waals surface area contributed by atoms with E-state index >= 15 is 0 Å². The molecule has 9 heteroatoms. The molecule has 2 N–H and O–H groups in total. The molecule has 2 aromatic rings. The number of likely N-dealkylation sites (N-methyl/N-ethyl adjacent to an activating group) is 1. The summed E-state index contributed by atoms with van der Waals surface area (Å²) >= 11 is 0. The van der Waals surface area contributed by atoms with Crippen molar-refractivity contribution in [1.29, 1.82) is 0 Å². The molecule has 1 aliphatic carbocycles. The van der Waals surface area contributed by atoms with E-state index in [4.69, 9.17) is 9.47 Å². The van der Waals surface area contributed by atoms with Crippen LogP contribution in [0.15, 0.2) is 36.1 Å². The summed E-state index contributed by atoms with van der Waals surface area (Å²) in [5.41, 5.74) is 2.87. The van der Waals surface area contributed by atoms with Crippen LogP contribution in [0.1, 0.15) is 18.4 Å². The van der Waals surface area contributed by atoms with Crippen LogP contribution < -0.4 is 5.32 Å². The lowest BCUT2D eigenvalue weighted by molar-refractivity contribution is -0.136. The van der Waals surface area contributed by atoms with Gasteiger partial charge < -0.3 is 29.6 Å². The smallest absolute Gasteiger partial charge is 0.248 e. The standard InChI is InChI=1S/C21H28N6O3/c1-26-7-4-8-27(2)18(28)12-30-17-9-15(5-6-16(17)29-3)25-21-19-14(11-26)10-22-20(19)23-13-24-21/h5-6,10,13,17H,4,7-9,11-12H2,1-3H3,(H2,22,23,24,25). The average molecular weight is 412 g/mol. The van der Waals surface area contributed by atoms with Crippen LogP contribution >= 0.6 is 0 Å². The predicted octanol–water partition coefficient (Wildman–Crippen LogP) is 1.87. The maximum absolute atomic E-state index is 12.5. The fourth-order valence-corrected chi connectivity index (χ4v) is 3.84. The number of carbonyl (C=O) groups excluding carboxylic acids is 1. The summed E-state index contributed by atoms with van der Waals surface area (Å²) in [5, 5.41) is 4.43. The number of fused-ring (bicyclic) bond motifs is 2. The molecule has 0 saturated heterocycles. The summed E-state index contributed by atoms with van der Waals surface area (Å²) < 4.78 is 11.4. The first kappa shape index (κ1) is 20.4. The largest absolute Gasteiger partial charge is 0.498 e. The van der Waals surface area contributed by atoms with Crippen LogP contribution in [0.3, 0.4) is 0 Å². The monoisotopic (exact) mass is 412 g/mol. The fraction of sp³-hybridized carbons (Fsp3) is 0.476. The van der Waals surface area contributed by atoms with Crippen molar-refractivity contribution in [2.45, 2.75) is 25.5 Å². The number of anilines is 1. The molecule has 9 nitrogen and oxygen atoms in total. The van der Waals surface area contributed by atoms with Crippen LogP contribution in [0.5, 0.6) is 0 Å². The van der Waals surface area contributed by atoms with Crippen molar-refractivity contribution in [1.82, 2.24) is 24.8 Å². The molecule has 1 amide bonds. The van der Waals surface area contributed by atoms with Crippen molar-refractivity contribution in [2.75, 3.05) is 46.2 Å². The van der Waals surface area contributed by atoms with Crippen LogP contribution in [0.4, 0.5) is 5.82 Å². The molecule has 3 heterocycles. The summed E-state index contributed by atoms with van der Waals surface area (Å²) in [6.07, 6.45) is 8.48. The van der Waals surface area contributed by atoms with Crippen molar-refractivity contribution < 1.29 is 14.3 Å². The van der Waals surface area contributed by atoms with Gasteiger partial charge in [0.25, 0.3) is 0 Å². The summed E-state index contributed by atoms with van der Waals surface area (Å²) in [5.74, 6) is 1.43. The first-order valence-corrected chi connectivity index (χ1v) is 10.1. The zero-order valence-corrected chi connectivity index (χ0v) is 17.6. The molecule has 0 radical (unpaired) electrons. The number of ether oxygens (including phenoxy) is 2. The molecule has 0 fully saturated rings. The van der Waals surface area contributed by atoms with E-state index in [2.05, 4.69) is 32.2 Å². The van der Waals surface area contributed by atoms with E-state index in [9.17, 15) is 4.79 Å². The zero-order valence-electron chi connectivity index (χ0n) is 17.6. The highest BCUT2D eigenvalue weighted by atomic mass is 16.5. The Kier molecular flexibility index (Phi) is 6.01. The Morgan fingerprint density at radius 1 is 1.23 bits per heavy atom. The first-order valence-electron chi connectivity index (χ1n) is 10.1. The second kappa shape index (κ2) is 8.85. The number of carbonyl (C=O) groups is 1. The lowest BCUT2D eigenvalue weighted by atomic mass is 10.1. The third-order valence-corrected chi connectivity index (χ3v) is 5.54. The number of nitrogens with one attached hydrogen (secondary N) is 2. The quantitative estimate of drug-likeness (QED) is 0.738. The van der Waals surface area contributed by atoms with E-state index in [0.717, 1.165) is 47.6 Å². The minimum absolute atomic E-state index is 0.0185. The van der Waals surface area contributed by atoms with E-state index in [1.807, 2.05) is 25.4 Å². The van der Waals surface area contributed by atoms with Crippen molar-refractivity contribution >= 4 is 22.8 Å². The molecule has 1 aliphatic heterocycles. The van der Waals surface area contributed by atoms with E-state index in [0.29, 0.717) is 18.7 Å². The molecule has 2 aromatic heterocycles. The van der Waals surface area contributed by atoms with E-state index in [1.165, 1.54) is 0 Å². The van der Waals surface area contributed by atoms with Gasteiger partial charge in [-0.15, -0.1) is 0 Å². The minimum Gasteiger partial charge on any atom is -0.498 e. The molecule has 4 rings (SSSR count). The molecule has 1 unspecified atom stereocenters. The van der Waals surface area contributed by atoms with Gasteiger partial charge in [0.1, 0.15) is 36.3 Å². The van der Waals surface area contributed by atoms with Crippen molar-refractivity contribution in [3.8, 4) is 0 Å². The highest BCUT2D eigenvalue weighted by Crippen LogP contribution is 2.29. The number of aromatic amines is 1. The number of allylic oxidation sites excluding steroid dienone is 2. The molecule has 2 aliphatic rings. The Balaban J connectivity index is 1.68. The number of aromatic nitrogens is 3. The van der Waals surface area contributed by atoms with Gasteiger partial charge in [0.15, 0.2) is 0 Å². The Morgan fingerprint density at radius 3 is 2.93 bits per heavy atom. The lowest BCUT2D eigenvalue weighted by Crippen LogP contribution is -2.35. The van der Waals surface area contributed by atoms with Crippen molar-refractivity contribution in [2.24, 2.45) is 0 Å². The van der Waals surface area contributed by atoms with E-state index in [-0.39, 0.29) is 18.6 Å². The van der Waals surface area contributed by atoms with E-state index < -0.39 is 0 Å². The maximum atomic E-state index is 12.5. The zero-order chi connectivity index (χ0) is 21.1. The second-order valence-corrected chi connectivity index (χ2v) is 7.76. The Bertz CT molecular complexity index is 982. The van der Waals surface area contributed by atoms with Crippen molar-refractivity contribution in [3.63, 3.8) is 0 Å². The number of H-pyrrole nitrogens is 1. The minimum atomic E-state index is -0.332. The molecule has 160 valence electrons. The number of amides is 1. The van der Waals surface area contributed by atoms with E-state index in [1.54, 1.807) is 18.3 Å². The van der Waals surface area contributed by atoms with Gasteiger partial charge in [-0.2, -0.15) is 0 Å². The fourth-order valence-electron chi connectivity index (χ4n) is 3.84. The molecule has 0 saturated carbocycles. The highest BCUT2D eigenvalue weighted by Gasteiger charge is 2.24. The molecular weight excluding hydrogens is 384 g/mol. The molecule has 0 aromatic carbocycles. The number of rotatable bonds is 1. The molecule has 1 atom stereocenters. The van der Waals surface area contributed by atoms with Gasteiger partial charge in [-0.3, -0.25) is 4.79 Å². The normalized spacial score (nSPS) is 21.8. The summed E-state index contributed by atoms with van der Waals surface area (Å²) in [6.45, 7) is 2.33. The van der Waals surface area contributed by atoms with Crippen LogP contribution in [0.25, 0.3) is 11.0 Å².